The van der Waals surface area contributed by atoms with Crippen molar-refractivity contribution in [3.05, 3.63) is 63.2 Å². The molecule has 1 fully saturated rings. The van der Waals surface area contributed by atoms with Gasteiger partial charge in [-0.05, 0) is 18.2 Å². The van der Waals surface area contributed by atoms with Crippen LogP contribution in [0.25, 0.3) is 0 Å². The van der Waals surface area contributed by atoms with Crippen LogP contribution in [0.1, 0.15) is 5.56 Å². The lowest BCUT2D eigenvalue weighted by molar-refractivity contribution is -0.384. The van der Waals surface area contributed by atoms with Gasteiger partial charge in [-0.25, -0.2) is 8.42 Å². The van der Waals surface area contributed by atoms with Gasteiger partial charge in [-0.15, -0.1) is 0 Å². The van der Waals surface area contributed by atoms with Crippen molar-refractivity contribution in [3.63, 3.8) is 0 Å². The highest BCUT2D eigenvalue weighted by Gasteiger charge is 2.28. The number of anilines is 1. The Morgan fingerprint density at radius 3 is 2.75 bits per heavy atom. The number of carbonyl (C=O) groups is 1. The largest absolute Gasteiger partial charge is 0.386 e. The molecule has 1 amide bonds. The number of nitrogens with one attached hydrogen (secondary N) is 1. The lowest BCUT2D eigenvalue weighted by Gasteiger charge is -2.26. The third-order valence-corrected chi connectivity index (χ3v) is 6.74. The summed E-state index contributed by atoms with van der Waals surface area (Å²) in [5, 5.41) is 16.9. The highest BCUT2D eigenvalue weighted by Crippen LogP contribution is 2.28. The molecule has 0 aliphatic carbocycles. The first-order chi connectivity index (χ1) is 15.3. The van der Waals surface area contributed by atoms with Crippen LogP contribution in [-0.4, -0.2) is 62.7 Å². The van der Waals surface area contributed by atoms with Gasteiger partial charge in [0.15, 0.2) is 6.61 Å². The van der Waals surface area contributed by atoms with Crippen LogP contribution in [-0.2, 0) is 24.4 Å². The third-order valence-electron chi connectivity index (χ3n) is 4.36. The second kappa shape index (κ2) is 10.5. The molecule has 1 aliphatic rings. The monoisotopic (exact) mass is 482 g/mol. The summed E-state index contributed by atoms with van der Waals surface area (Å²) < 4.78 is 32.1. The number of hydrogen-bond donors (Lipinski definition) is 1. The van der Waals surface area contributed by atoms with Crippen molar-refractivity contribution in [2.75, 3.05) is 38.2 Å². The molecular weight excluding hydrogens is 464 g/mol. The molecule has 170 valence electrons. The molecule has 1 aliphatic heterocycles. The van der Waals surface area contributed by atoms with Crippen LogP contribution in [0.3, 0.4) is 0 Å². The number of morpholine rings is 1. The Hall–Kier alpha value is -3.06. The zero-order chi connectivity index (χ0) is 23.1. The van der Waals surface area contributed by atoms with Crippen molar-refractivity contribution in [1.82, 2.24) is 4.31 Å². The molecular formula is C19H19ClN4O7S. The minimum absolute atomic E-state index is 0.0345. The Bertz CT molecular complexity index is 1130. The first-order valence-electron chi connectivity index (χ1n) is 9.34. The number of hydrogen-bond acceptors (Lipinski definition) is 8. The normalized spacial score (nSPS) is 14.9. The summed E-state index contributed by atoms with van der Waals surface area (Å²) in [4.78, 5) is 27.1. The number of non-ortho nitro benzene ring substituents is 1. The van der Waals surface area contributed by atoms with Gasteiger partial charge >= 0.3 is 0 Å². The van der Waals surface area contributed by atoms with E-state index in [2.05, 4.69) is 10.5 Å². The number of oxime groups is 1. The number of halogens is 1. The summed E-state index contributed by atoms with van der Waals surface area (Å²) >= 11 is 6.09. The number of rotatable bonds is 8. The zero-order valence-electron chi connectivity index (χ0n) is 16.6. The number of nitrogens with zero attached hydrogens (tertiary/aromatic N) is 3. The predicted octanol–water partition coefficient (Wildman–Crippen LogP) is 2.26. The van der Waals surface area contributed by atoms with Crippen LogP contribution in [0.5, 0.6) is 0 Å². The molecule has 0 saturated carbocycles. The summed E-state index contributed by atoms with van der Waals surface area (Å²) in [6.07, 6.45) is 1.23. The molecule has 1 N–H and O–H groups in total. The number of ether oxygens (including phenoxy) is 1. The van der Waals surface area contributed by atoms with Gasteiger partial charge in [-0.1, -0.05) is 28.9 Å². The van der Waals surface area contributed by atoms with Crippen molar-refractivity contribution < 1.29 is 27.7 Å². The number of sulfonamides is 1. The fourth-order valence-corrected chi connectivity index (χ4v) is 4.72. The van der Waals surface area contributed by atoms with E-state index in [-0.39, 0.29) is 34.4 Å². The van der Waals surface area contributed by atoms with E-state index in [0.717, 1.165) is 0 Å². The van der Waals surface area contributed by atoms with Gasteiger partial charge in [-0.2, -0.15) is 4.31 Å². The maximum atomic E-state index is 12.8. The number of nitro benzene ring substituents is 1. The van der Waals surface area contributed by atoms with E-state index in [4.69, 9.17) is 21.2 Å². The molecule has 13 heteroatoms. The van der Waals surface area contributed by atoms with Crippen molar-refractivity contribution in [1.29, 1.82) is 0 Å². The summed E-state index contributed by atoms with van der Waals surface area (Å²) in [7, 11) is -3.84. The fourth-order valence-electron chi connectivity index (χ4n) is 2.81. The van der Waals surface area contributed by atoms with E-state index in [1.165, 1.54) is 46.9 Å². The van der Waals surface area contributed by atoms with Crippen molar-refractivity contribution in [2.45, 2.75) is 4.90 Å². The number of nitro groups is 1. The van der Waals surface area contributed by atoms with E-state index in [1.54, 1.807) is 6.07 Å². The summed E-state index contributed by atoms with van der Waals surface area (Å²) in [6.45, 7) is 0.555. The molecule has 0 spiro atoms. The van der Waals surface area contributed by atoms with Crippen LogP contribution in [0.15, 0.2) is 52.5 Å². The van der Waals surface area contributed by atoms with Crippen LogP contribution >= 0.6 is 11.6 Å². The molecule has 0 radical (unpaired) electrons. The highest BCUT2D eigenvalue weighted by molar-refractivity contribution is 7.89. The first kappa shape index (κ1) is 23.6. The smallest absolute Gasteiger partial charge is 0.270 e. The molecule has 1 saturated heterocycles. The minimum Gasteiger partial charge on any atom is -0.386 e. The van der Waals surface area contributed by atoms with E-state index >= 15 is 0 Å². The topological polar surface area (TPSA) is 140 Å². The SMILES string of the molecule is O=C(CO/N=C/c1cccc([N+](=O)[O-])c1)Nc1ccc(Cl)c(S(=O)(=O)N2CCOCC2)c1. The standard InChI is InChI=1S/C19H19ClN4O7S/c20-17-5-4-15(11-18(17)32(28,29)23-6-8-30-9-7-23)22-19(25)13-31-21-12-14-2-1-3-16(10-14)24(26)27/h1-5,10-12H,6-9,13H2,(H,22,25)/b21-12+. The second-order valence-electron chi connectivity index (χ2n) is 6.57. The summed E-state index contributed by atoms with van der Waals surface area (Å²) in [6, 6.07) is 9.84. The van der Waals surface area contributed by atoms with Gasteiger partial charge in [-0.3, -0.25) is 14.9 Å². The Kier molecular flexibility index (Phi) is 7.75. The maximum absolute atomic E-state index is 12.8. The number of benzene rings is 2. The Morgan fingerprint density at radius 2 is 2.03 bits per heavy atom. The Balaban J connectivity index is 1.60. The van der Waals surface area contributed by atoms with E-state index in [9.17, 15) is 23.3 Å². The lowest BCUT2D eigenvalue weighted by Crippen LogP contribution is -2.40. The predicted molar refractivity (Wildman–Crippen MR) is 116 cm³/mol. The molecule has 3 rings (SSSR count). The fraction of sp³-hybridized carbons (Fsp3) is 0.263. The summed E-state index contributed by atoms with van der Waals surface area (Å²) in [5.41, 5.74) is 0.546. The number of amides is 1. The van der Waals surface area contributed by atoms with Gasteiger partial charge < -0.3 is 14.9 Å². The van der Waals surface area contributed by atoms with Crippen LogP contribution in [0.2, 0.25) is 5.02 Å². The van der Waals surface area contributed by atoms with Crippen molar-refractivity contribution in [3.8, 4) is 0 Å². The highest BCUT2D eigenvalue weighted by atomic mass is 35.5. The van der Waals surface area contributed by atoms with Crippen LogP contribution < -0.4 is 5.32 Å². The average Bonchev–Trinajstić information content (AvgIpc) is 2.78. The van der Waals surface area contributed by atoms with Gasteiger partial charge in [0.1, 0.15) is 4.90 Å². The van der Waals surface area contributed by atoms with Gasteiger partial charge in [0.25, 0.3) is 11.6 Å². The lowest BCUT2D eigenvalue weighted by atomic mass is 10.2. The maximum Gasteiger partial charge on any atom is 0.270 e. The van der Waals surface area contributed by atoms with Gasteiger partial charge in [0.05, 0.1) is 29.4 Å². The molecule has 0 atom stereocenters. The molecule has 2 aromatic carbocycles. The first-order valence-corrected chi connectivity index (χ1v) is 11.2. The summed E-state index contributed by atoms with van der Waals surface area (Å²) in [5.74, 6) is -0.585. The van der Waals surface area contributed by atoms with E-state index < -0.39 is 27.5 Å². The van der Waals surface area contributed by atoms with Crippen LogP contribution in [0.4, 0.5) is 11.4 Å². The van der Waals surface area contributed by atoms with Gasteiger partial charge in [0.2, 0.25) is 10.0 Å². The van der Waals surface area contributed by atoms with Crippen molar-refractivity contribution >= 4 is 45.1 Å². The van der Waals surface area contributed by atoms with Crippen molar-refractivity contribution in [2.24, 2.45) is 5.16 Å². The van der Waals surface area contributed by atoms with E-state index in [1.807, 2.05) is 0 Å². The molecule has 0 unspecified atom stereocenters. The Morgan fingerprint density at radius 1 is 1.28 bits per heavy atom. The second-order valence-corrected chi connectivity index (χ2v) is 8.88. The average molecular weight is 483 g/mol. The minimum atomic E-state index is -3.84. The molecule has 0 aromatic heterocycles. The van der Waals surface area contributed by atoms with Crippen LogP contribution in [0, 0.1) is 10.1 Å². The zero-order valence-corrected chi connectivity index (χ0v) is 18.2. The molecule has 32 heavy (non-hydrogen) atoms. The number of carbonyl (C=O) groups excluding carboxylic acids is 1. The van der Waals surface area contributed by atoms with Gasteiger partial charge in [0, 0.05) is 36.5 Å². The molecule has 11 nitrogen and oxygen atoms in total. The van der Waals surface area contributed by atoms with E-state index in [0.29, 0.717) is 18.8 Å². The Labute approximate surface area is 188 Å². The molecule has 1 heterocycles. The molecule has 0 bridgehead atoms. The quantitative estimate of drug-likeness (QED) is 0.345. The molecule has 2 aromatic rings. The third kappa shape index (κ3) is 6.01.